The highest BCUT2D eigenvalue weighted by molar-refractivity contribution is 5.93. The summed E-state index contributed by atoms with van der Waals surface area (Å²) >= 11 is 0. The Morgan fingerprint density at radius 1 is 1.50 bits per heavy atom. The van der Waals surface area contributed by atoms with Gasteiger partial charge in [-0.1, -0.05) is 6.42 Å². The van der Waals surface area contributed by atoms with Crippen molar-refractivity contribution in [3.8, 4) is 0 Å². The van der Waals surface area contributed by atoms with Gasteiger partial charge in [-0.15, -0.1) is 0 Å². The van der Waals surface area contributed by atoms with Crippen molar-refractivity contribution >= 4 is 11.8 Å². The van der Waals surface area contributed by atoms with Crippen molar-refractivity contribution < 1.29 is 15.0 Å². The van der Waals surface area contributed by atoms with Gasteiger partial charge < -0.3 is 15.5 Å². The van der Waals surface area contributed by atoms with Crippen molar-refractivity contribution in [2.75, 3.05) is 11.9 Å². The highest BCUT2D eigenvalue weighted by Crippen LogP contribution is 2.28. The van der Waals surface area contributed by atoms with Gasteiger partial charge >= 0.3 is 5.97 Å². The number of hydrogen-bond donors (Lipinski definition) is 3. The number of aryl methyl sites for hydroxylation is 1. The van der Waals surface area contributed by atoms with E-state index in [-0.39, 0.29) is 24.1 Å². The molecule has 0 amide bonds. The van der Waals surface area contributed by atoms with Gasteiger partial charge in [0.15, 0.2) is 0 Å². The van der Waals surface area contributed by atoms with Crippen LogP contribution in [0.2, 0.25) is 0 Å². The Labute approximate surface area is 106 Å². The monoisotopic (exact) mass is 250 g/mol. The first-order valence-electron chi connectivity index (χ1n) is 6.20. The Morgan fingerprint density at radius 2 is 2.28 bits per heavy atom. The molecule has 18 heavy (non-hydrogen) atoms. The normalized spacial score (nSPS) is 23.0. The number of anilines is 1. The van der Waals surface area contributed by atoms with Crippen LogP contribution >= 0.6 is 0 Å². The number of carbonyl (C=O) groups is 1. The largest absolute Gasteiger partial charge is 0.478 e. The predicted molar refractivity (Wildman–Crippen MR) is 67.8 cm³/mol. The molecular weight excluding hydrogens is 232 g/mol. The summed E-state index contributed by atoms with van der Waals surface area (Å²) in [5, 5.41) is 21.6. The maximum Gasteiger partial charge on any atom is 0.339 e. The van der Waals surface area contributed by atoms with Crippen LogP contribution in [-0.4, -0.2) is 33.8 Å². The van der Waals surface area contributed by atoms with E-state index in [1.807, 2.05) is 6.92 Å². The molecule has 2 unspecified atom stereocenters. The Balaban J connectivity index is 2.22. The second kappa shape index (κ2) is 5.35. The third kappa shape index (κ3) is 2.61. The molecule has 1 heterocycles. The SMILES string of the molecule is Cc1ccc(C(=O)O)c(NC2CCCC2CO)n1. The van der Waals surface area contributed by atoms with Gasteiger partial charge in [0.1, 0.15) is 11.4 Å². The number of aliphatic hydroxyl groups excluding tert-OH is 1. The molecule has 5 nitrogen and oxygen atoms in total. The van der Waals surface area contributed by atoms with Crippen molar-refractivity contribution in [2.45, 2.75) is 32.2 Å². The molecule has 2 atom stereocenters. The molecule has 0 spiro atoms. The van der Waals surface area contributed by atoms with Crippen molar-refractivity contribution in [3.05, 3.63) is 23.4 Å². The first-order chi connectivity index (χ1) is 8.61. The van der Waals surface area contributed by atoms with E-state index in [1.54, 1.807) is 12.1 Å². The number of aromatic nitrogens is 1. The molecule has 3 N–H and O–H groups in total. The molecule has 1 aliphatic carbocycles. The van der Waals surface area contributed by atoms with E-state index in [9.17, 15) is 9.90 Å². The molecule has 1 aromatic heterocycles. The average Bonchev–Trinajstić information content (AvgIpc) is 2.76. The Morgan fingerprint density at radius 3 is 2.94 bits per heavy atom. The van der Waals surface area contributed by atoms with Crippen LogP contribution in [0.3, 0.4) is 0 Å². The summed E-state index contributed by atoms with van der Waals surface area (Å²) in [7, 11) is 0. The molecule has 0 radical (unpaired) electrons. The zero-order valence-electron chi connectivity index (χ0n) is 10.4. The number of carboxylic acids is 1. The second-order valence-electron chi connectivity index (χ2n) is 4.78. The lowest BCUT2D eigenvalue weighted by atomic mass is 10.0. The number of nitrogens with one attached hydrogen (secondary N) is 1. The first-order valence-corrected chi connectivity index (χ1v) is 6.20. The maximum atomic E-state index is 11.1. The molecule has 0 bridgehead atoms. The molecule has 1 fully saturated rings. The number of pyridine rings is 1. The topological polar surface area (TPSA) is 82.5 Å². The zero-order chi connectivity index (χ0) is 13.1. The fraction of sp³-hybridized carbons (Fsp3) is 0.538. The summed E-state index contributed by atoms with van der Waals surface area (Å²) in [6.07, 6.45) is 2.97. The predicted octanol–water partition coefficient (Wildman–Crippen LogP) is 1.66. The smallest absolute Gasteiger partial charge is 0.339 e. The minimum atomic E-state index is -0.983. The van der Waals surface area contributed by atoms with Crippen LogP contribution < -0.4 is 5.32 Å². The Hall–Kier alpha value is -1.62. The van der Waals surface area contributed by atoms with Crippen molar-refractivity contribution in [3.63, 3.8) is 0 Å². The molecule has 98 valence electrons. The van der Waals surface area contributed by atoms with Crippen LogP contribution in [0.15, 0.2) is 12.1 Å². The van der Waals surface area contributed by atoms with Crippen LogP contribution in [0.25, 0.3) is 0 Å². The van der Waals surface area contributed by atoms with E-state index < -0.39 is 5.97 Å². The lowest BCUT2D eigenvalue weighted by molar-refractivity contribution is 0.0697. The van der Waals surface area contributed by atoms with Gasteiger partial charge in [0.05, 0.1) is 0 Å². The van der Waals surface area contributed by atoms with Gasteiger partial charge in [-0.2, -0.15) is 0 Å². The third-order valence-electron chi connectivity index (χ3n) is 3.48. The summed E-state index contributed by atoms with van der Waals surface area (Å²) in [6, 6.07) is 3.37. The summed E-state index contributed by atoms with van der Waals surface area (Å²) in [5.41, 5.74) is 0.963. The molecule has 5 heteroatoms. The van der Waals surface area contributed by atoms with Crippen molar-refractivity contribution in [1.29, 1.82) is 0 Å². The zero-order valence-corrected chi connectivity index (χ0v) is 10.4. The quantitative estimate of drug-likeness (QED) is 0.757. The molecular formula is C13H18N2O3. The highest BCUT2D eigenvalue weighted by Gasteiger charge is 2.27. The van der Waals surface area contributed by atoms with E-state index in [0.717, 1.165) is 25.0 Å². The fourth-order valence-electron chi connectivity index (χ4n) is 2.46. The second-order valence-corrected chi connectivity index (χ2v) is 4.78. The van der Waals surface area contributed by atoms with Gasteiger partial charge in [0.2, 0.25) is 0 Å². The van der Waals surface area contributed by atoms with E-state index in [4.69, 9.17) is 5.11 Å². The van der Waals surface area contributed by atoms with Gasteiger partial charge in [-0.25, -0.2) is 9.78 Å². The maximum absolute atomic E-state index is 11.1. The van der Waals surface area contributed by atoms with E-state index in [0.29, 0.717) is 5.82 Å². The van der Waals surface area contributed by atoms with Gasteiger partial charge in [-0.05, 0) is 31.9 Å². The van der Waals surface area contributed by atoms with E-state index in [1.165, 1.54) is 0 Å². The molecule has 1 saturated carbocycles. The summed E-state index contributed by atoms with van der Waals surface area (Å²) in [5.74, 6) is -0.384. The lowest BCUT2D eigenvalue weighted by Crippen LogP contribution is -2.28. The Kier molecular flexibility index (Phi) is 3.81. The summed E-state index contributed by atoms with van der Waals surface area (Å²) < 4.78 is 0. The lowest BCUT2D eigenvalue weighted by Gasteiger charge is -2.20. The Bertz CT molecular complexity index is 448. The van der Waals surface area contributed by atoms with Gasteiger partial charge in [0, 0.05) is 24.3 Å². The standard InChI is InChI=1S/C13H18N2O3/c1-8-5-6-10(13(17)18)12(14-8)15-11-4-2-3-9(11)7-16/h5-6,9,11,16H,2-4,7H2,1H3,(H,14,15)(H,17,18). The minimum Gasteiger partial charge on any atom is -0.478 e. The highest BCUT2D eigenvalue weighted by atomic mass is 16.4. The van der Waals surface area contributed by atoms with E-state index >= 15 is 0 Å². The third-order valence-corrected chi connectivity index (χ3v) is 3.48. The number of nitrogens with zero attached hydrogens (tertiary/aromatic N) is 1. The van der Waals surface area contributed by atoms with Crippen LogP contribution in [-0.2, 0) is 0 Å². The molecule has 0 aliphatic heterocycles. The van der Waals surface area contributed by atoms with Crippen LogP contribution in [0.4, 0.5) is 5.82 Å². The molecule has 1 aromatic rings. The minimum absolute atomic E-state index is 0.113. The van der Waals surface area contributed by atoms with Gasteiger partial charge in [-0.3, -0.25) is 0 Å². The number of aliphatic hydroxyl groups is 1. The van der Waals surface area contributed by atoms with Gasteiger partial charge in [0.25, 0.3) is 0 Å². The first kappa shape index (κ1) is 12.8. The summed E-state index contributed by atoms with van der Waals surface area (Å²) in [4.78, 5) is 15.4. The van der Waals surface area contributed by atoms with Crippen LogP contribution in [0.1, 0.15) is 35.3 Å². The van der Waals surface area contributed by atoms with Crippen molar-refractivity contribution in [2.24, 2.45) is 5.92 Å². The van der Waals surface area contributed by atoms with Crippen molar-refractivity contribution in [1.82, 2.24) is 4.98 Å². The average molecular weight is 250 g/mol. The number of hydrogen-bond acceptors (Lipinski definition) is 4. The van der Waals surface area contributed by atoms with E-state index in [2.05, 4.69) is 10.3 Å². The molecule has 0 aromatic carbocycles. The van der Waals surface area contributed by atoms with Crippen LogP contribution in [0, 0.1) is 12.8 Å². The molecule has 2 rings (SSSR count). The molecule has 1 aliphatic rings. The summed E-state index contributed by atoms with van der Waals surface area (Å²) in [6.45, 7) is 1.96. The number of aromatic carboxylic acids is 1. The number of rotatable bonds is 4. The molecule has 0 saturated heterocycles. The number of carboxylic acid groups (broad SMARTS) is 1. The van der Waals surface area contributed by atoms with Crippen LogP contribution in [0.5, 0.6) is 0 Å². The fourth-order valence-corrected chi connectivity index (χ4v) is 2.46.